The van der Waals surface area contributed by atoms with Crippen molar-refractivity contribution in [2.24, 2.45) is 0 Å². The predicted octanol–water partition coefficient (Wildman–Crippen LogP) is 16.7. The van der Waals surface area contributed by atoms with Gasteiger partial charge in [-0.05, 0) is 103 Å². The zero-order valence-corrected chi connectivity index (χ0v) is 34.0. The fourth-order valence-corrected chi connectivity index (χ4v) is 9.76. The third kappa shape index (κ3) is 5.88. The molecule has 0 saturated carbocycles. The van der Waals surface area contributed by atoms with Gasteiger partial charge in [0.25, 0.3) is 0 Å². The average molecular weight is 789 g/mol. The van der Waals surface area contributed by atoms with Crippen LogP contribution in [0.5, 0.6) is 0 Å². The van der Waals surface area contributed by atoms with E-state index >= 15 is 0 Å². The zero-order chi connectivity index (χ0) is 41.0. The van der Waals surface area contributed by atoms with E-state index in [9.17, 15) is 0 Å². The lowest BCUT2D eigenvalue weighted by Gasteiger charge is -2.27. The van der Waals surface area contributed by atoms with Crippen molar-refractivity contribution < 1.29 is 0 Å². The van der Waals surface area contributed by atoms with Crippen LogP contribution in [0, 0.1) is 0 Å². The third-order valence-corrected chi connectivity index (χ3v) is 12.5. The maximum absolute atomic E-state index is 2.49. The normalized spacial score (nSPS) is 11.5. The number of hydrogen-bond acceptors (Lipinski definition) is 1. The van der Waals surface area contributed by atoms with Gasteiger partial charge >= 0.3 is 0 Å². The van der Waals surface area contributed by atoms with Gasteiger partial charge in [0, 0.05) is 38.8 Å². The molecule has 0 radical (unpaired) electrons. The molecule has 0 amide bonds. The molecule has 0 spiro atoms. The number of rotatable bonds is 7. The van der Waals surface area contributed by atoms with Crippen LogP contribution in [-0.2, 0) is 0 Å². The van der Waals surface area contributed by atoms with E-state index in [1.165, 1.54) is 87.5 Å². The van der Waals surface area contributed by atoms with Gasteiger partial charge in [-0.25, -0.2) is 0 Å². The number of benzene rings is 11. The van der Waals surface area contributed by atoms with Crippen LogP contribution < -0.4 is 4.90 Å². The Morgan fingerprint density at radius 2 is 0.887 bits per heavy atom. The van der Waals surface area contributed by atoms with Gasteiger partial charge in [-0.15, -0.1) is 0 Å². The molecule has 12 aromatic rings. The molecule has 0 aliphatic carbocycles. The van der Waals surface area contributed by atoms with Gasteiger partial charge in [-0.3, -0.25) is 0 Å². The van der Waals surface area contributed by atoms with Crippen LogP contribution in [0.25, 0.3) is 93.2 Å². The van der Waals surface area contributed by atoms with Gasteiger partial charge < -0.3 is 9.47 Å². The maximum atomic E-state index is 2.49. The van der Waals surface area contributed by atoms with Crippen LogP contribution in [0.1, 0.15) is 0 Å². The lowest BCUT2D eigenvalue weighted by molar-refractivity contribution is 1.14. The van der Waals surface area contributed by atoms with Crippen molar-refractivity contribution in [3.63, 3.8) is 0 Å². The second kappa shape index (κ2) is 14.8. The molecule has 2 heteroatoms. The molecule has 0 unspecified atom stereocenters. The molecule has 2 nitrogen and oxygen atoms in total. The SMILES string of the molecule is c1ccc(-c2c(-c3ccccc3)n(-c3ccccc3)c3c2ccc2c(-c4ccc5c(ccc6cc(N(c7ccccc7)c7cccc8ccccc78)ccc65)c4)cccc23)cc1. The summed E-state index contributed by atoms with van der Waals surface area (Å²) in [5.74, 6) is 0. The molecule has 0 N–H and O–H groups in total. The van der Waals surface area contributed by atoms with Crippen LogP contribution in [-0.4, -0.2) is 4.57 Å². The zero-order valence-electron chi connectivity index (χ0n) is 34.0. The molecule has 62 heavy (non-hydrogen) atoms. The summed E-state index contributed by atoms with van der Waals surface area (Å²) in [4.78, 5) is 2.38. The first-order valence-electron chi connectivity index (χ1n) is 21.3. The van der Waals surface area contributed by atoms with Crippen molar-refractivity contribution in [1.82, 2.24) is 4.57 Å². The number of nitrogens with zero attached hydrogens (tertiary/aromatic N) is 2. The molecule has 1 aromatic heterocycles. The van der Waals surface area contributed by atoms with E-state index in [2.05, 4.69) is 252 Å². The molecule has 0 bridgehead atoms. The maximum Gasteiger partial charge on any atom is 0.0620 e. The molecule has 12 rings (SSSR count). The summed E-state index contributed by atoms with van der Waals surface area (Å²) in [6.07, 6.45) is 0. The largest absolute Gasteiger partial charge is 0.310 e. The smallest absolute Gasteiger partial charge is 0.0620 e. The Hall–Kier alpha value is -8.20. The van der Waals surface area contributed by atoms with Crippen molar-refractivity contribution in [2.75, 3.05) is 4.90 Å². The standard InChI is InChI=1S/C60H40N2/c1-5-18-42(19-6-1)58-56-38-37-54-50(28-16-29-55(54)60(56)62(48-25-11-4-12-26-48)59(58)43-20-7-2-8-21-43)45-33-35-51-44(39-45)31-32-46-40-49(34-36-52(46)51)61(47-23-9-3-10-24-47)57-30-15-22-41-17-13-14-27-53(41)57/h1-40H. The highest BCUT2D eigenvalue weighted by atomic mass is 15.1. The number of para-hydroxylation sites is 2. The quantitative estimate of drug-likeness (QED) is 0.146. The Bertz CT molecular complexity index is 3600. The summed E-state index contributed by atoms with van der Waals surface area (Å²) in [7, 11) is 0. The molecule has 0 fully saturated rings. The Morgan fingerprint density at radius 1 is 0.306 bits per heavy atom. The fraction of sp³-hybridized carbons (Fsp3) is 0. The summed E-state index contributed by atoms with van der Waals surface area (Å²) >= 11 is 0. The average Bonchev–Trinajstić information content (AvgIpc) is 3.71. The highest BCUT2D eigenvalue weighted by molar-refractivity contribution is 6.19. The molecule has 11 aromatic carbocycles. The minimum Gasteiger partial charge on any atom is -0.310 e. The second-order valence-corrected chi connectivity index (χ2v) is 16.1. The van der Waals surface area contributed by atoms with Crippen LogP contribution >= 0.6 is 0 Å². The first-order chi connectivity index (χ1) is 30.8. The lowest BCUT2D eigenvalue weighted by atomic mass is 9.92. The van der Waals surface area contributed by atoms with Crippen LogP contribution in [0.3, 0.4) is 0 Å². The lowest BCUT2D eigenvalue weighted by Crippen LogP contribution is -2.10. The van der Waals surface area contributed by atoms with E-state index in [1.807, 2.05) is 0 Å². The highest BCUT2D eigenvalue weighted by Gasteiger charge is 2.24. The second-order valence-electron chi connectivity index (χ2n) is 16.1. The molecule has 1 heterocycles. The van der Waals surface area contributed by atoms with Gasteiger partial charge in [-0.1, -0.05) is 194 Å². The van der Waals surface area contributed by atoms with Gasteiger partial charge in [0.1, 0.15) is 0 Å². The number of fused-ring (bicyclic) bond motifs is 7. The molecule has 0 aliphatic heterocycles. The van der Waals surface area contributed by atoms with Crippen molar-refractivity contribution >= 4 is 71.1 Å². The topological polar surface area (TPSA) is 8.17 Å². The molecule has 0 saturated heterocycles. The molecular weight excluding hydrogens is 749 g/mol. The first kappa shape index (κ1) is 35.7. The van der Waals surface area contributed by atoms with E-state index in [0.717, 1.165) is 22.7 Å². The van der Waals surface area contributed by atoms with E-state index in [-0.39, 0.29) is 0 Å². The molecule has 0 aliphatic rings. The Morgan fingerprint density at radius 3 is 1.66 bits per heavy atom. The van der Waals surface area contributed by atoms with Crippen LogP contribution in [0.15, 0.2) is 243 Å². The van der Waals surface area contributed by atoms with Crippen LogP contribution in [0.2, 0.25) is 0 Å². The summed E-state index contributed by atoms with van der Waals surface area (Å²) < 4.78 is 2.49. The van der Waals surface area contributed by atoms with Gasteiger partial charge in [0.2, 0.25) is 0 Å². The Kier molecular flexibility index (Phi) is 8.53. The number of aromatic nitrogens is 1. The summed E-state index contributed by atoms with van der Waals surface area (Å²) in [6.45, 7) is 0. The van der Waals surface area contributed by atoms with Crippen molar-refractivity contribution in [3.05, 3.63) is 243 Å². The van der Waals surface area contributed by atoms with Gasteiger partial charge in [0.05, 0.1) is 16.9 Å². The molecule has 0 atom stereocenters. The van der Waals surface area contributed by atoms with Crippen LogP contribution in [0.4, 0.5) is 17.1 Å². The summed E-state index contributed by atoms with van der Waals surface area (Å²) in [5.41, 5.74) is 13.0. The minimum atomic E-state index is 1.13. The number of hydrogen-bond donors (Lipinski definition) is 0. The predicted molar refractivity (Wildman–Crippen MR) is 264 cm³/mol. The fourth-order valence-electron chi connectivity index (χ4n) is 9.76. The van der Waals surface area contributed by atoms with Gasteiger partial charge in [0.15, 0.2) is 0 Å². The first-order valence-corrected chi connectivity index (χ1v) is 21.3. The Labute approximate surface area is 360 Å². The van der Waals surface area contributed by atoms with E-state index < -0.39 is 0 Å². The van der Waals surface area contributed by atoms with E-state index in [1.54, 1.807) is 0 Å². The van der Waals surface area contributed by atoms with E-state index in [0.29, 0.717) is 0 Å². The third-order valence-electron chi connectivity index (χ3n) is 12.5. The van der Waals surface area contributed by atoms with Crippen molar-refractivity contribution in [3.8, 4) is 39.2 Å². The monoisotopic (exact) mass is 788 g/mol. The van der Waals surface area contributed by atoms with Gasteiger partial charge in [-0.2, -0.15) is 0 Å². The summed E-state index contributed by atoms with van der Waals surface area (Å²) in [5, 5.41) is 11.1. The number of anilines is 3. The van der Waals surface area contributed by atoms with Crippen molar-refractivity contribution in [2.45, 2.75) is 0 Å². The highest BCUT2D eigenvalue weighted by Crippen LogP contribution is 2.47. The minimum absolute atomic E-state index is 1.13. The molecular formula is C60H40N2. The molecule has 290 valence electrons. The van der Waals surface area contributed by atoms with E-state index in [4.69, 9.17) is 0 Å². The Balaban J connectivity index is 1.02. The summed E-state index contributed by atoms with van der Waals surface area (Å²) in [6, 6.07) is 88.4. The van der Waals surface area contributed by atoms with Crippen molar-refractivity contribution in [1.29, 1.82) is 0 Å².